The zero-order valence-electron chi connectivity index (χ0n) is 30.8. The summed E-state index contributed by atoms with van der Waals surface area (Å²) < 4.78 is 6.12. The van der Waals surface area contributed by atoms with E-state index in [1.165, 1.54) is 110 Å². The highest BCUT2D eigenvalue weighted by atomic mass is 16.3. The average Bonchev–Trinajstić information content (AvgIpc) is 3.54. The fraction of sp³-hybridized carbons (Fsp3) is 0.160. The fourth-order valence-corrected chi connectivity index (χ4v) is 8.79. The highest BCUT2D eigenvalue weighted by Crippen LogP contribution is 2.50. The van der Waals surface area contributed by atoms with Gasteiger partial charge in [-0.15, -0.1) is 0 Å². The molecular weight excluding hydrogens is 617 g/mol. The summed E-state index contributed by atoms with van der Waals surface area (Å²) in [6.07, 6.45) is 0. The van der Waals surface area contributed by atoms with E-state index in [0.717, 1.165) is 21.9 Å². The largest absolute Gasteiger partial charge is 0.456 e. The van der Waals surface area contributed by atoms with E-state index in [1.54, 1.807) is 0 Å². The molecule has 1 heteroatoms. The monoisotopic (exact) mass is 658 g/mol. The van der Waals surface area contributed by atoms with Crippen LogP contribution in [0.15, 0.2) is 114 Å². The van der Waals surface area contributed by atoms with E-state index in [-0.39, 0.29) is 0 Å². The van der Waals surface area contributed by atoms with E-state index in [9.17, 15) is 0 Å². The third kappa shape index (κ3) is 4.54. The van der Waals surface area contributed by atoms with Crippen LogP contribution < -0.4 is 0 Å². The van der Waals surface area contributed by atoms with Crippen molar-refractivity contribution in [3.05, 3.63) is 154 Å². The van der Waals surface area contributed by atoms with Gasteiger partial charge in [0.15, 0.2) is 0 Å². The molecule has 9 rings (SSSR count). The summed E-state index contributed by atoms with van der Waals surface area (Å²) in [6, 6.07) is 40.0. The van der Waals surface area contributed by atoms with Crippen molar-refractivity contribution in [2.75, 3.05) is 0 Å². The molecule has 51 heavy (non-hydrogen) atoms. The lowest BCUT2D eigenvalue weighted by atomic mass is 9.76. The summed E-state index contributed by atoms with van der Waals surface area (Å²) in [5, 5.41) is 10.3. The summed E-state index contributed by atoms with van der Waals surface area (Å²) in [6.45, 7) is 18.6. The minimum atomic E-state index is 0.926. The molecule has 9 aromatic rings. The van der Waals surface area contributed by atoms with Gasteiger partial charge in [-0.2, -0.15) is 0 Å². The number of hydrogen-bond donors (Lipinski definition) is 0. The Bertz CT molecular complexity index is 2840. The third-order valence-electron chi connectivity index (χ3n) is 12.3. The Morgan fingerprint density at radius 3 is 1.33 bits per heavy atom. The second-order valence-corrected chi connectivity index (χ2v) is 14.7. The number of fused-ring (bicyclic) bond motifs is 6. The van der Waals surface area contributed by atoms with E-state index in [4.69, 9.17) is 4.42 Å². The second-order valence-electron chi connectivity index (χ2n) is 14.7. The molecule has 0 atom stereocenters. The van der Waals surface area contributed by atoms with Crippen molar-refractivity contribution in [3.63, 3.8) is 0 Å². The highest BCUT2D eigenvalue weighted by molar-refractivity contribution is 6.25. The Balaban J connectivity index is 1.34. The van der Waals surface area contributed by atoms with Crippen molar-refractivity contribution >= 4 is 54.3 Å². The van der Waals surface area contributed by atoms with Gasteiger partial charge in [0.1, 0.15) is 11.2 Å². The molecule has 0 spiro atoms. The highest BCUT2D eigenvalue weighted by Gasteiger charge is 2.25. The van der Waals surface area contributed by atoms with Crippen LogP contribution >= 0.6 is 0 Å². The van der Waals surface area contributed by atoms with Crippen LogP contribution in [0.25, 0.3) is 87.6 Å². The number of furan rings is 1. The van der Waals surface area contributed by atoms with Crippen molar-refractivity contribution < 1.29 is 4.42 Å². The predicted octanol–water partition coefficient (Wildman–Crippen LogP) is 14.5. The van der Waals surface area contributed by atoms with Crippen LogP contribution in [0, 0.1) is 55.4 Å². The van der Waals surface area contributed by atoms with Crippen LogP contribution in [0.5, 0.6) is 0 Å². The third-order valence-corrected chi connectivity index (χ3v) is 12.3. The van der Waals surface area contributed by atoms with Gasteiger partial charge in [-0.3, -0.25) is 0 Å². The molecule has 0 N–H and O–H groups in total. The minimum absolute atomic E-state index is 0.926. The van der Waals surface area contributed by atoms with Gasteiger partial charge in [0.05, 0.1) is 0 Å². The van der Waals surface area contributed by atoms with Gasteiger partial charge >= 0.3 is 0 Å². The van der Waals surface area contributed by atoms with Crippen molar-refractivity contribution in [1.82, 2.24) is 0 Å². The quantitative estimate of drug-likeness (QED) is 0.172. The topological polar surface area (TPSA) is 13.1 Å². The van der Waals surface area contributed by atoms with Crippen molar-refractivity contribution in [2.45, 2.75) is 55.4 Å². The van der Waals surface area contributed by atoms with Gasteiger partial charge in [-0.05, 0) is 196 Å². The molecule has 8 aromatic carbocycles. The van der Waals surface area contributed by atoms with Gasteiger partial charge in [0.2, 0.25) is 0 Å². The molecule has 0 bridgehead atoms. The number of aryl methyl sites for hydroxylation is 4. The maximum absolute atomic E-state index is 6.12. The SMILES string of the molecule is Cc1c(C)c(C)c2c(-c3ccc4cc(-c5ccc6oc7ccccc7c6c5)ccc4c3)c3c(C)c(C)c(C)c(C)c3c(-c3ccccc3)c2c1C. The van der Waals surface area contributed by atoms with Crippen molar-refractivity contribution in [3.8, 4) is 33.4 Å². The summed E-state index contributed by atoms with van der Waals surface area (Å²) in [5.41, 5.74) is 20.5. The van der Waals surface area contributed by atoms with Gasteiger partial charge in [-0.1, -0.05) is 78.9 Å². The summed E-state index contributed by atoms with van der Waals surface area (Å²) >= 11 is 0. The lowest BCUT2D eigenvalue weighted by molar-refractivity contribution is 0.669. The molecule has 0 aliphatic rings. The van der Waals surface area contributed by atoms with Crippen LogP contribution in [0.2, 0.25) is 0 Å². The molecule has 0 amide bonds. The average molecular weight is 659 g/mol. The number of rotatable bonds is 3. The Morgan fingerprint density at radius 2 is 0.745 bits per heavy atom. The molecule has 1 aromatic heterocycles. The van der Waals surface area contributed by atoms with E-state index < -0.39 is 0 Å². The minimum Gasteiger partial charge on any atom is -0.456 e. The molecule has 0 fully saturated rings. The fourth-order valence-electron chi connectivity index (χ4n) is 8.79. The van der Waals surface area contributed by atoms with Gasteiger partial charge in [0.25, 0.3) is 0 Å². The van der Waals surface area contributed by atoms with E-state index in [0.29, 0.717) is 0 Å². The van der Waals surface area contributed by atoms with Gasteiger partial charge in [0, 0.05) is 10.8 Å². The molecule has 0 saturated carbocycles. The summed E-state index contributed by atoms with van der Waals surface area (Å²) in [7, 11) is 0. The van der Waals surface area contributed by atoms with Gasteiger partial charge in [-0.25, -0.2) is 0 Å². The van der Waals surface area contributed by atoms with Gasteiger partial charge < -0.3 is 4.42 Å². The molecule has 0 saturated heterocycles. The zero-order chi connectivity index (χ0) is 35.3. The molecule has 0 aliphatic carbocycles. The standard InChI is InChI=1S/C50H42O/c1-27-29(3)33(7)47-45(31(27)5)49(35-14-10-9-11-15-35)46-32(6)28(2)30(4)34(8)48(46)50(47)40-21-20-36-24-37(18-19-38(36)25-40)39-22-23-44-42(26-39)41-16-12-13-17-43(41)51-44/h9-26H,1-8H3. The Kier molecular flexibility index (Phi) is 7.03. The van der Waals surface area contributed by atoms with Crippen LogP contribution in [-0.2, 0) is 0 Å². The Hall–Kier alpha value is -5.66. The van der Waals surface area contributed by atoms with Crippen molar-refractivity contribution in [1.29, 1.82) is 0 Å². The van der Waals surface area contributed by atoms with Crippen LogP contribution in [0.4, 0.5) is 0 Å². The summed E-state index contributed by atoms with van der Waals surface area (Å²) in [4.78, 5) is 0. The molecule has 0 aliphatic heterocycles. The van der Waals surface area contributed by atoms with Crippen LogP contribution in [0.1, 0.15) is 44.5 Å². The molecule has 1 heterocycles. The first-order valence-electron chi connectivity index (χ1n) is 18.1. The maximum Gasteiger partial charge on any atom is 0.135 e. The Morgan fingerprint density at radius 1 is 0.314 bits per heavy atom. The predicted molar refractivity (Wildman–Crippen MR) is 220 cm³/mol. The zero-order valence-corrected chi connectivity index (χ0v) is 30.8. The first kappa shape index (κ1) is 31.3. The maximum atomic E-state index is 6.12. The molecule has 0 unspecified atom stereocenters. The number of para-hydroxylation sites is 1. The molecule has 0 radical (unpaired) electrons. The van der Waals surface area contributed by atoms with E-state index in [1.807, 2.05) is 12.1 Å². The van der Waals surface area contributed by atoms with Crippen molar-refractivity contribution in [2.24, 2.45) is 0 Å². The molecule has 248 valence electrons. The lowest BCUT2D eigenvalue weighted by Crippen LogP contribution is -2.03. The molecular formula is C50H42O. The molecule has 1 nitrogen and oxygen atoms in total. The smallest absolute Gasteiger partial charge is 0.135 e. The van der Waals surface area contributed by atoms with Crippen LogP contribution in [0.3, 0.4) is 0 Å². The van der Waals surface area contributed by atoms with E-state index >= 15 is 0 Å². The lowest BCUT2D eigenvalue weighted by Gasteiger charge is -2.27. The first-order valence-corrected chi connectivity index (χ1v) is 18.1. The van der Waals surface area contributed by atoms with E-state index in [2.05, 4.69) is 152 Å². The second kappa shape index (κ2) is 11.4. The normalized spacial score (nSPS) is 11.9. The summed E-state index contributed by atoms with van der Waals surface area (Å²) in [5.74, 6) is 0. The first-order chi connectivity index (χ1) is 24.6. The van der Waals surface area contributed by atoms with Crippen LogP contribution in [-0.4, -0.2) is 0 Å². The Labute approximate surface area is 300 Å². The number of benzene rings is 8. The number of hydrogen-bond acceptors (Lipinski definition) is 1.